The Morgan fingerprint density at radius 2 is 2.10 bits per heavy atom. The number of sulfonamides is 1. The topological polar surface area (TPSA) is 68.2 Å². The number of nitrogens with one attached hydrogen (secondary N) is 1. The highest BCUT2D eigenvalue weighted by atomic mass is 32.2. The molecule has 5 nitrogen and oxygen atoms in total. The number of aryl methyl sites for hydroxylation is 1. The number of hydrogen-bond acceptors (Lipinski definition) is 3. The van der Waals surface area contributed by atoms with Crippen molar-refractivity contribution in [2.24, 2.45) is 0 Å². The molecule has 0 atom stereocenters. The zero-order valence-corrected chi connectivity index (χ0v) is 12.7. The van der Waals surface area contributed by atoms with E-state index >= 15 is 0 Å². The van der Waals surface area contributed by atoms with Crippen molar-refractivity contribution in [2.75, 3.05) is 6.26 Å². The van der Waals surface area contributed by atoms with E-state index in [2.05, 4.69) is 6.58 Å². The molecule has 0 bridgehead atoms. The van der Waals surface area contributed by atoms with Crippen molar-refractivity contribution in [2.45, 2.75) is 19.4 Å². The lowest BCUT2D eigenvalue weighted by Crippen LogP contribution is -2.29. The largest absolute Gasteiger partial charge is 0.347 e. The van der Waals surface area contributed by atoms with E-state index in [9.17, 15) is 13.2 Å². The molecule has 0 aliphatic carbocycles. The van der Waals surface area contributed by atoms with E-state index in [4.69, 9.17) is 0 Å². The van der Waals surface area contributed by atoms with Crippen LogP contribution in [0.2, 0.25) is 0 Å². The Morgan fingerprint density at radius 1 is 1.38 bits per heavy atom. The number of carbonyl (C=O) groups excluding carboxylic acids is 1. The standard InChI is InChI=1S/C15H18N2O3S/c1-3-4-7-10-17-11-13(15(18)16-21(2,19)20)12-8-5-6-9-14(12)17/h3,5-6,8-9,11H,1,4,7,10H2,2H3,(H,16,18). The van der Waals surface area contributed by atoms with Gasteiger partial charge in [-0.1, -0.05) is 24.3 Å². The van der Waals surface area contributed by atoms with Crippen molar-refractivity contribution in [3.63, 3.8) is 0 Å². The second-order valence-electron chi connectivity index (χ2n) is 4.89. The number of aromatic nitrogens is 1. The molecule has 0 spiro atoms. The van der Waals surface area contributed by atoms with Crippen LogP contribution in [-0.2, 0) is 16.6 Å². The fraction of sp³-hybridized carbons (Fsp3) is 0.267. The summed E-state index contributed by atoms with van der Waals surface area (Å²) in [7, 11) is -3.57. The molecule has 0 radical (unpaired) electrons. The third-order valence-corrected chi connectivity index (χ3v) is 3.67. The van der Waals surface area contributed by atoms with E-state index in [1.54, 1.807) is 6.20 Å². The molecule has 1 N–H and O–H groups in total. The minimum Gasteiger partial charge on any atom is -0.347 e. The molecule has 2 rings (SSSR count). The summed E-state index contributed by atoms with van der Waals surface area (Å²) in [6.45, 7) is 4.44. The molecular formula is C15H18N2O3S. The first kappa shape index (κ1) is 15.3. The smallest absolute Gasteiger partial charge is 0.266 e. The number of unbranched alkanes of at least 4 members (excludes halogenated alkanes) is 1. The molecule has 21 heavy (non-hydrogen) atoms. The predicted molar refractivity (Wildman–Crippen MR) is 83.7 cm³/mol. The van der Waals surface area contributed by atoms with Gasteiger partial charge in [0.25, 0.3) is 5.91 Å². The molecule has 0 fully saturated rings. The molecule has 1 heterocycles. The summed E-state index contributed by atoms with van der Waals surface area (Å²) in [5.41, 5.74) is 1.29. The lowest BCUT2D eigenvalue weighted by Gasteiger charge is -2.03. The van der Waals surface area contributed by atoms with E-state index in [-0.39, 0.29) is 0 Å². The molecule has 6 heteroatoms. The minimum absolute atomic E-state index is 0.370. The molecule has 0 unspecified atom stereocenters. The number of hydrogen-bond donors (Lipinski definition) is 1. The first-order valence-electron chi connectivity index (χ1n) is 6.63. The molecule has 0 saturated carbocycles. The highest BCUT2D eigenvalue weighted by Gasteiger charge is 2.17. The summed E-state index contributed by atoms with van der Waals surface area (Å²) >= 11 is 0. The van der Waals surface area contributed by atoms with E-state index in [1.807, 2.05) is 39.6 Å². The first-order valence-corrected chi connectivity index (χ1v) is 8.52. The summed E-state index contributed by atoms with van der Waals surface area (Å²) in [6, 6.07) is 7.45. The average Bonchev–Trinajstić information content (AvgIpc) is 2.77. The average molecular weight is 306 g/mol. The van der Waals surface area contributed by atoms with Crippen LogP contribution in [-0.4, -0.2) is 25.1 Å². The molecule has 1 amide bonds. The van der Waals surface area contributed by atoms with Crippen molar-refractivity contribution in [1.29, 1.82) is 0 Å². The SMILES string of the molecule is C=CCCCn1cc(C(=O)NS(C)(=O)=O)c2ccccc21. The third-order valence-electron chi connectivity index (χ3n) is 3.12. The quantitative estimate of drug-likeness (QED) is 0.657. The van der Waals surface area contributed by atoms with Crippen LogP contribution in [0.4, 0.5) is 0 Å². The molecule has 0 aliphatic rings. The van der Waals surface area contributed by atoms with Gasteiger partial charge in [0, 0.05) is 23.6 Å². The Kier molecular flexibility index (Phi) is 4.47. The number of para-hydroxylation sites is 1. The fourth-order valence-electron chi connectivity index (χ4n) is 2.24. The van der Waals surface area contributed by atoms with Crippen molar-refractivity contribution in [3.8, 4) is 0 Å². The molecule has 1 aromatic heterocycles. The van der Waals surface area contributed by atoms with Crippen LogP contribution >= 0.6 is 0 Å². The van der Waals surface area contributed by atoms with Crippen molar-refractivity contribution in [3.05, 3.63) is 48.7 Å². The summed E-state index contributed by atoms with van der Waals surface area (Å²) < 4.78 is 26.4. The van der Waals surface area contributed by atoms with E-state index in [0.717, 1.165) is 36.5 Å². The zero-order valence-electron chi connectivity index (χ0n) is 11.9. The summed E-state index contributed by atoms with van der Waals surface area (Å²) in [5, 5.41) is 0.747. The molecule has 0 aliphatic heterocycles. The van der Waals surface area contributed by atoms with Crippen molar-refractivity contribution >= 4 is 26.8 Å². The third kappa shape index (κ3) is 3.72. The molecule has 112 valence electrons. The maximum absolute atomic E-state index is 12.1. The Hall–Kier alpha value is -2.08. The Labute approximate surface area is 124 Å². The fourth-order valence-corrected chi connectivity index (χ4v) is 2.69. The van der Waals surface area contributed by atoms with Crippen molar-refractivity contribution < 1.29 is 13.2 Å². The van der Waals surface area contributed by atoms with Gasteiger partial charge >= 0.3 is 0 Å². The Balaban J connectivity index is 2.40. The van der Waals surface area contributed by atoms with Gasteiger partial charge in [0.1, 0.15) is 0 Å². The van der Waals surface area contributed by atoms with Gasteiger partial charge in [0.2, 0.25) is 10.0 Å². The first-order chi connectivity index (χ1) is 9.92. The highest BCUT2D eigenvalue weighted by molar-refractivity contribution is 7.89. The van der Waals surface area contributed by atoms with Crippen LogP contribution in [0.1, 0.15) is 23.2 Å². The minimum atomic E-state index is -3.57. The molecule has 1 aromatic carbocycles. The number of carbonyl (C=O) groups is 1. The monoisotopic (exact) mass is 306 g/mol. The highest BCUT2D eigenvalue weighted by Crippen LogP contribution is 2.22. The van der Waals surface area contributed by atoms with Gasteiger partial charge in [-0.15, -0.1) is 6.58 Å². The van der Waals surface area contributed by atoms with Crippen LogP contribution in [0, 0.1) is 0 Å². The number of amides is 1. The van der Waals surface area contributed by atoms with Gasteiger partial charge in [-0.05, 0) is 18.9 Å². The van der Waals surface area contributed by atoms with E-state index in [1.165, 1.54) is 0 Å². The molecule has 2 aromatic rings. The van der Waals surface area contributed by atoms with Crippen LogP contribution < -0.4 is 4.72 Å². The number of allylic oxidation sites excluding steroid dienone is 1. The van der Waals surface area contributed by atoms with Gasteiger partial charge in [-0.25, -0.2) is 13.1 Å². The van der Waals surface area contributed by atoms with Gasteiger partial charge in [0.05, 0.1) is 11.8 Å². The number of rotatable bonds is 6. The van der Waals surface area contributed by atoms with Crippen LogP contribution in [0.15, 0.2) is 43.1 Å². The number of benzene rings is 1. The second-order valence-corrected chi connectivity index (χ2v) is 6.64. The zero-order chi connectivity index (χ0) is 15.5. The Morgan fingerprint density at radius 3 is 2.76 bits per heavy atom. The van der Waals surface area contributed by atoms with E-state index in [0.29, 0.717) is 5.56 Å². The van der Waals surface area contributed by atoms with Crippen LogP contribution in [0.5, 0.6) is 0 Å². The van der Waals surface area contributed by atoms with Crippen molar-refractivity contribution in [1.82, 2.24) is 9.29 Å². The maximum Gasteiger partial charge on any atom is 0.266 e. The lowest BCUT2D eigenvalue weighted by molar-refractivity contribution is 0.0983. The maximum atomic E-state index is 12.1. The van der Waals surface area contributed by atoms with Crippen LogP contribution in [0.25, 0.3) is 10.9 Å². The van der Waals surface area contributed by atoms with Gasteiger partial charge in [0.15, 0.2) is 0 Å². The summed E-state index contributed by atoms with van der Waals surface area (Å²) in [4.78, 5) is 12.1. The molecular weight excluding hydrogens is 288 g/mol. The predicted octanol–water partition coefficient (Wildman–Crippen LogP) is 2.30. The number of nitrogens with zero attached hydrogens (tertiary/aromatic N) is 1. The van der Waals surface area contributed by atoms with Gasteiger partial charge < -0.3 is 4.57 Å². The van der Waals surface area contributed by atoms with Crippen LogP contribution in [0.3, 0.4) is 0 Å². The Bertz CT molecular complexity index is 775. The second kappa shape index (κ2) is 6.13. The molecule has 0 saturated heterocycles. The van der Waals surface area contributed by atoms with Gasteiger partial charge in [-0.3, -0.25) is 4.79 Å². The summed E-state index contributed by atoms with van der Waals surface area (Å²) in [5.74, 6) is -0.601. The van der Waals surface area contributed by atoms with E-state index < -0.39 is 15.9 Å². The normalized spacial score (nSPS) is 11.5. The number of fused-ring (bicyclic) bond motifs is 1. The van der Waals surface area contributed by atoms with Gasteiger partial charge in [-0.2, -0.15) is 0 Å². The lowest BCUT2D eigenvalue weighted by atomic mass is 10.2. The summed E-state index contributed by atoms with van der Waals surface area (Å²) in [6.07, 6.45) is 6.32.